The van der Waals surface area contributed by atoms with Crippen LogP contribution >= 0.6 is 0 Å². The van der Waals surface area contributed by atoms with Crippen molar-refractivity contribution >= 4 is 21.6 Å². The van der Waals surface area contributed by atoms with Crippen LogP contribution in [0.25, 0.3) is 0 Å². The lowest BCUT2D eigenvalue weighted by molar-refractivity contribution is -0.120. The number of carbonyl (C=O) groups is 1. The second kappa shape index (κ2) is 9.98. The van der Waals surface area contributed by atoms with Gasteiger partial charge in [0.25, 0.3) is 0 Å². The van der Waals surface area contributed by atoms with Crippen molar-refractivity contribution in [3.8, 4) is 5.75 Å². The summed E-state index contributed by atoms with van der Waals surface area (Å²) in [6.07, 6.45) is 1.82. The van der Waals surface area contributed by atoms with Gasteiger partial charge in [-0.25, -0.2) is 8.42 Å². The molecule has 1 unspecified atom stereocenters. The highest BCUT2D eigenvalue weighted by Crippen LogP contribution is 2.24. The van der Waals surface area contributed by atoms with Gasteiger partial charge in [0.1, 0.15) is 12.3 Å². The van der Waals surface area contributed by atoms with E-state index in [-0.39, 0.29) is 24.6 Å². The van der Waals surface area contributed by atoms with Crippen LogP contribution in [0.1, 0.15) is 49.9 Å². The number of aryl methyl sites for hydroxylation is 2. The monoisotopic (exact) mass is 432 g/mol. The molecule has 1 amide bonds. The van der Waals surface area contributed by atoms with Crippen molar-refractivity contribution in [2.24, 2.45) is 0 Å². The van der Waals surface area contributed by atoms with Gasteiger partial charge in [0.2, 0.25) is 15.9 Å². The van der Waals surface area contributed by atoms with E-state index in [0.29, 0.717) is 17.9 Å². The molecule has 2 rings (SSSR count). The third-order valence-electron chi connectivity index (χ3n) is 4.73. The summed E-state index contributed by atoms with van der Waals surface area (Å²) in [5.74, 6) is 0.294. The Labute approximate surface area is 180 Å². The molecule has 0 spiro atoms. The van der Waals surface area contributed by atoms with Crippen molar-refractivity contribution in [2.45, 2.75) is 53.2 Å². The van der Waals surface area contributed by atoms with E-state index in [1.54, 1.807) is 24.3 Å². The average Bonchev–Trinajstić information content (AvgIpc) is 2.64. The van der Waals surface area contributed by atoms with Crippen LogP contribution in [0, 0.1) is 13.8 Å². The minimum Gasteiger partial charge on any atom is -0.491 e. The SMILES string of the molecule is CCC(NC(=O)CN(c1ccc(OC(C)C)cc1)S(C)(=O)=O)c1ccc(C)cc1C. The normalized spacial score (nSPS) is 12.5. The summed E-state index contributed by atoms with van der Waals surface area (Å²) < 4.78 is 31.4. The van der Waals surface area contributed by atoms with Gasteiger partial charge in [0, 0.05) is 0 Å². The molecule has 1 N–H and O–H groups in total. The Morgan fingerprint density at radius 2 is 1.73 bits per heavy atom. The standard InChI is InChI=1S/C23H32N2O4S/c1-7-22(21-13-8-17(4)14-18(21)5)24-23(26)15-25(30(6,27)28)19-9-11-20(12-10-19)29-16(2)3/h8-14,16,22H,7,15H2,1-6H3,(H,24,26). The lowest BCUT2D eigenvalue weighted by Crippen LogP contribution is -2.41. The fraction of sp³-hybridized carbons (Fsp3) is 0.435. The number of rotatable bonds is 9. The van der Waals surface area contributed by atoms with Crippen LogP contribution in [0.4, 0.5) is 5.69 Å². The van der Waals surface area contributed by atoms with Crippen LogP contribution in [0.2, 0.25) is 0 Å². The van der Waals surface area contributed by atoms with Gasteiger partial charge < -0.3 is 10.1 Å². The molecule has 6 nitrogen and oxygen atoms in total. The van der Waals surface area contributed by atoms with Crippen LogP contribution in [-0.4, -0.2) is 33.2 Å². The molecular weight excluding hydrogens is 400 g/mol. The molecule has 0 aliphatic rings. The zero-order valence-electron chi connectivity index (χ0n) is 18.6. The maximum atomic E-state index is 12.8. The van der Waals surface area contributed by atoms with E-state index in [1.807, 2.05) is 46.8 Å². The van der Waals surface area contributed by atoms with E-state index in [1.165, 1.54) is 0 Å². The summed E-state index contributed by atoms with van der Waals surface area (Å²) in [6, 6.07) is 12.6. The first-order chi connectivity index (χ1) is 14.0. The van der Waals surface area contributed by atoms with Gasteiger partial charge in [0.15, 0.2) is 0 Å². The lowest BCUT2D eigenvalue weighted by atomic mass is 9.97. The zero-order chi connectivity index (χ0) is 22.5. The van der Waals surface area contributed by atoms with Crippen molar-refractivity contribution in [1.29, 1.82) is 0 Å². The molecule has 0 radical (unpaired) electrons. The maximum absolute atomic E-state index is 12.8. The Kier molecular flexibility index (Phi) is 7.89. The first-order valence-electron chi connectivity index (χ1n) is 10.1. The Morgan fingerprint density at radius 3 is 2.23 bits per heavy atom. The van der Waals surface area contributed by atoms with Gasteiger partial charge in [-0.05, 0) is 69.5 Å². The fourth-order valence-electron chi connectivity index (χ4n) is 3.35. The largest absolute Gasteiger partial charge is 0.491 e. The summed E-state index contributed by atoms with van der Waals surface area (Å²) in [4.78, 5) is 12.8. The van der Waals surface area contributed by atoms with E-state index in [4.69, 9.17) is 4.74 Å². The van der Waals surface area contributed by atoms with Gasteiger partial charge in [-0.3, -0.25) is 9.10 Å². The summed E-state index contributed by atoms with van der Waals surface area (Å²) in [5.41, 5.74) is 3.72. The summed E-state index contributed by atoms with van der Waals surface area (Å²) in [6.45, 7) is 9.58. The number of carbonyl (C=O) groups excluding carboxylic acids is 1. The molecule has 0 aromatic heterocycles. The highest BCUT2D eigenvalue weighted by atomic mass is 32.2. The number of nitrogens with zero attached hydrogens (tertiary/aromatic N) is 1. The Bertz CT molecular complexity index is 969. The van der Waals surface area contributed by atoms with Crippen molar-refractivity contribution < 1.29 is 17.9 Å². The lowest BCUT2D eigenvalue weighted by Gasteiger charge is -2.25. The topological polar surface area (TPSA) is 75.7 Å². The van der Waals surface area contributed by atoms with E-state index in [0.717, 1.165) is 27.3 Å². The number of amides is 1. The zero-order valence-corrected chi connectivity index (χ0v) is 19.4. The van der Waals surface area contributed by atoms with Gasteiger partial charge >= 0.3 is 0 Å². The highest BCUT2D eigenvalue weighted by molar-refractivity contribution is 7.92. The molecule has 2 aromatic rings. The molecule has 164 valence electrons. The van der Waals surface area contributed by atoms with E-state index in [9.17, 15) is 13.2 Å². The molecule has 7 heteroatoms. The number of benzene rings is 2. The molecule has 0 saturated carbocycles. The Morgan fingerprint density at radius 1 is 1.10 bits per heavy atom. The molecule has 2 aromatic carbocycles. The fourth-order valence-corrected chi connectivity index (χ4v) is 4.21. The van der Waals surface area contributed by atoms with Crippen molar-refractivity contribution in [3.05, 3.63) is 59.2 Å². The van der Waals surface area contributed by atoms with E-state index < -0.39 is 10.0 Å². The number of hydrogen-bond donors (Lipinski definition) is 1. The van der Waals surface area contributed by atoms with Gasteiger partial charge in [0.05, 0.1) is 24.1 Å². The van der Waals surface area contributed by atoms with Gasteiger partial charge in [-0.1, -0.05) is 30.7 Å². The van der Waals surface area contributed by atoms with Crippen LogP contribution in [-0.2, 0) is 14.8 Å². The van der Waals surface area contributed by atoms with Crippen LogP contribution < -0.4 is 14.4 Å². The number of anilines is 1. The van der Waals surface area contributed by atoms with E-state index >= 15 is 0 Å². The molecule has 0 saturated heterocycles. The molecular formula is C23H32N2O4S. The first-order valence-corrected chi connectivity index (χ1v) is 12.0. The van der Waals surface area contributed by atoms with Crippen LogP contribution in [0.5, 0.6) is 5.75 Å². The van der Waals surface area contributed by atoms with E-state index in [2.05, 4.69) is 11.4 Å². The Hall–Kier alpha value is -2.54. The molecule has 0 aliphatic carbocycles. The highest BCUT2D eigenvalue weighted by Gasteiger charge is 2.23. The Balaban J connectivity index is 2.19. The van der Waals surface area contributed by atoms with Crippen LogP contribution in [0.15, 0.2) is 42.5 Å². The number of hydrogen-bond acceptors (Lipinski definition) is 4. The summed E-state index contributed by atoms with van der Waals surface area (Å²) in [5, 5.41) is 2.98. The smallest absolute Gasteiger partial charge is 0.241 e. The van der Waals surface area contributed by atoms with Crippen molar-refractivity contribution in [3.63, 3.8) is 0 Å². The summed E-state index contributed by atoms with van der Waals surface area (Å²) >= 11 is 0. The molecule has 1 atom stereocenters. The van der Waals surface area contributed by atoms with Crippen molar-refractivity contribution in [2.75, 3.05) is 17.1 Å². The molecule has 0 heterocycles. The second-order valence-corrected chi connectivity index (χ2v) is 9.73. The number of sulfonamides is 1. The first kappa shape index (κ1) is 23.7. The number of ether oxygens (including phenoxy) is 1. The molecule has 0 aliphatic heterocycles. The number of nitrogens with one attached hydrogen (secondary N) is 1. The molecule has 0 bridgehead atoms. The molecule has 0 fully saturated rings. The minimum absolute atomic E-state index is 0.0175. The minimum atomic E-state index is -3.64. The second-order valence-electron chi connectivity index (χ2n) is 7.82. The van der Waals surface area contributed by atoms with Crippen molar-refractivity contribution in [1.82, 2.24) is 5.32 Å². The quantitative estimate of drug-likeness (QED) is 0.647. The van der Waals surface area contributed by atoms with Gasteiger partial charge in [-0.15, -0.1) is 0 Å². The average molecular weight is 433 g/mol. The molecule has 30 heavy (non-hydrogen) atoms. The van der Waals surface area contributed by atoms with Crippen LogP contribution in [0.3, 0.4) is 0 Å². The third-order valence-corrected chi connectivity index (χ3v) is 5.87. The predicted octanol–water partition coefficient (Wildman–Crippen LogP) is 4.12. The maximum Gasteiger partial charge on any atom is 0.241 e. The predicted molar refractivity (Wildman–Crippen MR) is 121 cm³/mol. The summed E-state index contributed by atoms with van der Waals surface area (Å²) in [7, 11) is -3.64. The third kappa shape index (κ3) is 6.49. The van der Waals surface area contributed by atoms with Gasteiger partial charge in [-0.2, -0.15) is 0 Å².